The van der Waals surface area contributed by atoms with Gasteiger partial charge in [-0.05, 0) is 30.8 Å². The maximum absolute atomic E-state index is 12.2. The molecule has 0 bridgehead atoms. The van der Waals surface area contributed by atoms with Crippen LogP contribution in [-0.4, -0.2) is 37.0 Å². The molecule has 1 amide bonds. The van der Waals surface area contributed by atoms with E-state index in [-0.39, 0.29) is 18.0 Å². The number of hydrogen-bond donors (Lipinski definition) is 4. The fourth-order valence-corrected chi connectivity index (χ4v) is 2.21. The topological polar surface area (TPSA) is 79.2 Å². The molecule has 0 unspecified atom stereocenters. The highest BCUT2D eigenvalue weighted by atomic mass is 32.2. The maximum Gasteiger partial charge on any atom is 0.239 e. The standard InChI is InChI=1S/C13H28N4OS/c1-9(2)8-12(17-14)13(18)16-11(6-7-19-5)10(3)15-4/h9,11-12,15,17H,3,6-8,14H2,1-2,4-5H3,(H,16,18)/t11-,12-/m0/s1. The second-order valence-electron chi connectivity index (χ2n) is 4.97. The van der Waals surface area contributed by atoms with Crippen molar-refractivity contribution in [3.63, 3.8) is 0 Å². The first-order valence-electron chi connectivity index (χ1n) is 6.58. The van der Waals surface area contributed by atoms with Crippen molar-refractivity contribution in [3.8, 4) is 0 Å². The molecule has 0 fully saturated rings. The zero-order valence-corrected chi connectivity index (χ0v) is 13.3. The molecule has 5 N–H and O–H groups in total. The molecule has 0 spiro atoms. The Labute approximate surface area is 121 Å². The quantitative estimate of drug-likeness (QED) is 0.354. The highest BCUT2D eigenvalue weighted by molar-refractivity contribution is 7.98. The Balaban J connectivity index is 4.53. The molecule has 0 rings (SSSR count). The highest BCUT2D eigenvalue weighted by Gasteiger charge is 2.22. The van der Waals surface area contributed by atoms with Gasteiger partial charge in [-0.25, -0.2) is 5.43 Å². The molecule has 0 aliphatic carbocycles. The van der Waals surface area contributed by atoms with Crippen LogP contribution in [0.5, 0.6) is 0 Å². The molecular formula is C13H28N4OS. The number of nitrogens with one attached hydrogen (secondary N) is 3. The summed E-state index contributed by atoms with van der Waals surface area (Å²) in [6, 6.07) is -0.422. The summed E-state index contributed by atoms with van der Waals surface area (Å²) in [7, 11) is 1.81. The molecule has 0 aliphatic rings. The number of hydrogen-bond acceptors (Lipinski definition) is 5. The van der Waals surface area contributed by atoms with Gasteiger partial charge in [-0.2, -0.15) is 11.8 Å². The lowest BCUT2D eigenvalue weighted by Gasteiger charge is -2.24. The predicted molar refractivity (Wildman–Crippen MR) is 83.7 cm³/mol. The van der Waals surface area contributed by atoms with Gasteiger partial charge in [-0.1, -0.05) is 20.4 Å². The van der Waals surface area contributed by atoms with Crippen LogP contribution in [0.2, 0.25) is 0 Å². The van der Waals surface area contributed by atoms with E-state index in [4.69, 9.17) is 5.84 Å². The summed E-state index contributed by atoms with van der Waals surface area (Å²) in [6.07, 6.45) is 3.61. The Morgan fingerprint density at radius 1 is 1.37 bits per heavy atom. The van der Waals surface area contributed by atoms with Crippen molar-refractivity contribution in [2.75, 3.05) is 19.1 Å². The van der Waals surface area contributed by atoms with Crippen LogP contribution in [0.3, 0.4) is 0 Å². The fourth-order valence-electron chi connectivity index (χ4n) is 1.74. The molecule has 0 aromatic carbocycles. The van der Waals surface area contributed by atoms with Crippen LogP contribution in [0.4, 0.5) is 0 Å². The smallest absolute Gasteiger partial charge is 0.239 e. The van der Waals surface area contributed by atoms with E-state index in [0.29, 0.717) is 12.3 Å². The van der Waals surface area contributed by atoms with Crippen LogP contribution in [0.25, 0.3) is 0 Å². The van der Waals surface area contributed by atoms with Crippen molar-refractivity contribution < 1.29 is 4.79 Å². The molecule has 0 aromatic rings. The van der Waals surface area contributed by atoms with Crippen molar-refractivity contribution in [2.45, 2.75) is 38.8 Å². The monoisotopic (exact) mass is 288 g/mol. The van der Waals surface area contributed by atoms with Gasteiger partial charge in [0, 0.05) is 12.7 Å². The molecule has 0 saturated heterocycles. The largest absolute Gasteiger partial charge is 0.390 e. The lowest BCUT2D eigenvalue weighted by atomic mass is 10.0. The molecule has 0 saturated carbocycles. The lowest BCUT2D eigenvalue weighted by Crippen LogP contribution is -2.51. The van der Waals surface area contributed by atoms with Crippen LogP contribution in [-0.2, 0) is 4.79 Å². The first kappa shape index (κ1) is 18.3. The van der Waals surface area contributed by atoms with Crippen molar-refractivity contribution in [1.29, 1.82) is 0 Å². The van der Waals surface area contributed by atoms with Crippen LogP contribution in [0, 0.1) is 5.92 Å². The summed E-state index contributed by atoms with van der Waals surface area (Å²) in [5.74, 6) is 6.76. The fraction of sp³-hybridized carbons (Fsp3) is 0.769. The molecule has 0 heterocycles. The Morgan fingerprint density at radius 2 is 2.00 bits per heavy atom. The molecule has 5 nitrogen and oxygen atoms in total. The number of hydrazine groups is 1. The number of carbonyl (C=O) groups excluding carboxylic acids is 1. The van der Waals surface area contributed by atoms with Gasteiger partial charge >= 0.3 is 0 Å². The SMILES string of the molecule is C=C(NC)[C@H](CCSC)NC(=O)[C@H](CC(C)C)NN. The zero-order chi connectivity index (χ0) is 14.8. The number of nitrogens with two attached hydrogens (primary N) is 1. The van der Waals surface area contributed by atoms with Gasteiger partial charge in [0.1, 0.15) is 0 Å². The van der Waals surface area contributed by atoms with Crippen LogP contribution < -0.4 is 21.9 Å². The van der Waals surface area contributed by atoms with E-state index in [1.54, 1.807) is 11.8 Å². The number of rotatable bonds is 10. The van der Waals surface area contributed by atoms with Gasteiger partial charge < -0.3 is 10.6 Å². The van der Waals surface area contributed by atoms with E-state index < -0.39 is 0 Å². The number of likely N-dealkylation sites (N-methyl/N-ethyl adjacent to an activating group) is 1. The summed E-state index contributed by atoms with van der Waals surface area (Å²) in [4.78, 5) is 12.2. The van der Waals surface area contributed by atoms with E-state index in [2.05, 4.69) is 36.5 Å². The van der Waals surface area contributed by atoms with Crippen molar-refractivity contribution >= 4 is 17.7 Å². The molecule has 6 heteroatoms. The van der Waals surface area contributed by atoms with E-state index in [1.165, 1.54) is 0 Å². The Morgan fingerprint density at radius 3 is 2.42 bits per heavy atom. The second kappa shape index (κ2) is 10.1. The van der Waals surface area contributed by atoms with E-state index in [9.17, 15) is 4.79 Å². The third-order valence-corrected chi connectivity index (χ3v) is 3.54. The average Bonchev–Trinajstić information content (AvgIpc) is 2.39. The first-order chi connectivity index (χ1) is 8.96. The van der Waals surface area contributed by atoms with Crippen LogP contribution in [0.1, 0.15) is 26.7 Å². The van der Waals surface area contributed by atoms with Gasteiger partial charge in [0.05, 0.1) is 12.1 Å². The summed E-state index contributed by atoms with van der Waals surface area (Å²) in [5.41, 5.74) is 3.41. The normalized spacial score (nSPS) is 14.0. The number of carbonyl (C=O) groups is 1. The van der Waals surface area contributed by atoms with Gasteiger partial charge in [0.15, 0.2) is 0 Å². The Kier molecular flexibility index (Phi) is 9.73. The predicted octanol–water partition coefficient (Wildman–Crippen LogP) is 0.835. The van der Waals surface area contributed by atoms with Crippen molar-refractivity contribution in [3.05, 3.63) is 12.3 Å². The van der Waals surface area contributed by atoms with Crippen molar-refractivity contribution in [2.24, 2.45) is 11.8 Å². The zero-order valence-electron chi connectivity index (χ0n) is 12.5. The maximum atomic E-state index is 12.2. The lowest BCUT2D eigenvalue weighted by molar-refractivity contribution is -0.124. The molecule has 0 aromatic heterocycles. The minimum Gasteiger partial charge on any atom is -0.390 e. The van der Waals surface area contributed by atoms with Gasteiger partial charge in [-0.3, -0.25) is 10.6 Å². The van der Waals surface area contributed by atoms with Gasteiger partial charge in [0.25, 0.3) is 0 Å². The van der Waals surface area contributed by atoms with E-state index in [0.717, 1.165) is 17.9 Å². The molecule has 0 radical (unpaired) electrons. The first-order valence-corrected chi connectivity index (χ1v) is 7.97. The van der Waals surface area contributed by atoms with Crippen LogP contribution in [0.15, 0.2) is 12.3 Å². The summed E-state index contributed by atoms with van der Waals surface area (Å²) < 4.78 is 0. The number of amides is 1. The highest BCUT2D eigenvalue weighted by Crippen LogP contribution is 2.09. The molecule has 112 valence electrons. The van der Waals surface area contributed by atoms with Gasteiger partial charge in [0.2, 0.25) is 5.91 Å². The van der Waals surface area contributed by atoms with Gasteiger partial charge in [-0.15, -0.1) is 0 Å². The average molecular weight is 288 g/mol. The third-order valence-electron chi connectivity index (χ3n) is 2.89. The summed E-state index contributed by atoms with van der Waals surface area (Å²) >= 11 is 1.75. The Bertz CT molecular complexity index is 284. The minimum absolute atomic E-state index is 0.0621. The van der Waals surface area contributed by atoms with E-state index >= 15 is 0 Å². The summed E-state index contributed by atoms with van der Waals surface area (Å²) in [5, 5.41) is 6.01. The number of thioether (sulfide) groups is 1. The molecule has 0 aliphatic heterocycles. The van der Waals surface area contributed by atoms with Crippen LogP contribution >= 0.6 is 11.8 Å². The Hall–Kier alpha value is -0.720. The van der Waals surface area contributed by atoms with E-state index in [1.807, 2.05) is 13.3 Å². The third kappa shape index (κ3) is 7.44. The second-order valence-corrected chi connectivity index (χ2v) is 5.95. The minimum atomic E-state index is -0.360. The van der Waals surface area contributed by atoms with Crippen molar-refractivity contribution in [1.82, 2.24) is 16.1 Å². The molecule has 2 atom stereocenters. The molecule has 19 heavy (non-hydrogen) atoms. The summed E-state index contributed by atoms with van der Waals surface area (Å²) in [6.45, 7) is 8.07. The molecular weight excluding hydrogens is 260 g/mol.